The Bertz CT molecular complexity index is 1030. The molecule has 2 aromatic rings. The minimum absolute atomic E-state index is 0.00384. The molecule has 0 bridgehead atoms. The van der Waals surface area contributed by atoms with Gasteiger partial charge in [-0.1, -0.05) is 31.0 Å². The first-order valence-electron chi connectivity index (χ1n) is 10.2. The first kappa shape index (κ1) is 21.2. The van der Waals surface area contributed by atoms with Gasteiger partial charge in [0.2, 0.25) is 10.0 Å². The van der Waals surface area contributed by atoms with Crippen LogP contribution in [-0.4, -0.2) is 33.2 Å². The summed E-state index contributed by atoms with van der Waals surface area (Å²) in [4.78, 5) is 14.1. The van der Waals surface area contributed by atoms with Crippen LogP contribution in [0.5, 0.6) is 5.75 Å². The Balaban J connectivity index is 1.57. The van der Waals surface area contributed by atoms with Gasteiger partial charge in [-0.15, -0.1) is 11.8 Å². The van der Waals surface area contributed by atoms with E-state index in [2.05, 4.69) is 16.1 Å². The first-order valence-corrected chi connectivity index (χ1v) is 12.7. The Morgan fingerprint density at radius 1 is 1.10 bits per heavy atom. The van der Waals surface area contributed by atoms with E-state index in [1.807, 2.05) is 18.2 Å². The van der Waals surface area contributed by atoms with Crippen LogP contribution in [0.4, 0.5) is 0 Å². The number of carbonyl (C=O) groups excluding carboxylic acids is 1. The lowest BCUT2D eigenvalue weighted by atomic mass is 10.0. The lowest BCUT2D eigenvalue weighted by Crippen LogP contribution is -2.33. The van der Waals surface area contributed by atoms with Crippen molar-refractivity contribution >= 4 is 27.7 Å². The smallest absolute Gasteiger partial charge is 0.251 e. The SMILES string of the molecule is COc1ccc(C(=O)N[C@@H]2CCSc3ccccc32)cc1S(=O)(=O)NC1CCCC1. The molecule has 0 aromatic heterocycles. The second-order valence-electron chi connectivity index (χ2n) is 7.67. The van der Waals surface area contributed by atoms with Crippen molar-refractivity contribution in [3.63, 3.8) is 0 Å². The molecule has 1 heterocycles. The topological polar surface area (TPSA) is 84.5 Å². The largest absolute Gasteiger partial charge is 0.495 e. The highest BCUT2D eigenvalue weighted by Crippen LogP contribution is 2.36. The molecule has 0 radical (unpaired) electrons. The summed E-state index contributed by atoms with van der Waals surface area (Å²) in [7, 11) is -2.35. The summed E-state index contributed by atoms with van der Waals surface area (Å²) in [5.41, 5.74) is 1.41. The van der Waals surface area contributed by atoms with E-state index in [0.29, 0.717) is 5.56 Å². The van der Waals surface area contributed by atoms with E-state index < -0.39 is 10.0 Å². The van der Waals surface area contributed by atoms with E-state index in [4.69, 9.17) is 4.74 Å². The van der Waals surface area contributed by atoms with Gasteiger partial charge in [-0.25, -0.2) is 13.1 Å². The molecule has 0 spiro atoms. The van der Waals surface area contributed by atoms with Gasteiger partial charge < -0.3 is 10.1 Å². The van der Waals surface area contributed by atoms with Crippen molar-refractivity contribution in [2.75, 3.05) is 12.9 Å². The molecule has 6 nitrogen and oxygen atoms in total. The number of rotatable bonds is 6. The van der Waals surface area contributed by atoms with Crippen LogP contribution in [0.2, 0.25) is 0 Å². The molecular weight excluding hydrogens is 420 g/mol. The van der Waals surface area contributed by atoms with Crippen LogP contribution >= 0.6 is 11.8 Å². The number of nitrogens with one attached hydrogen (secondary N) is 2. The third kappa shape index (κ3) is 4.50. The molecule has 2 N–H and O–H groups in total. The second kappa shape index (κ2) is 8.99. The number of fused-ring (bicyclic) bond motifs is 1. The van der Waals surface area contributed by atoms with Crippen molar-refractivity contribution in [2.24, 2.45) is 0 Å². The minimum Gasteiger partial charge on any atom is -0.495 e. The third-order valence-electron chi connectivity index (χ3n) is 5.66. The van der Waals surface area contributed by atoms with Crippen molar-refractivity contribution in [3.8, 4) is 5.75 Å². The molecule has 160 valence electrons. The Hall–Kier alpha value is -2.03. The van der Waals surface area contributed by atoms with Gasteiger partial charge in [-0.3, -0.25) is 4.79 Å². The van der Waals surface area contributed by atoms with Crippen molar-refractivity contribution in [1.29, 1.82) is 0 Å². The summed E-state index contributed by atoms with van der Waals surface area (Å²) < 4.78 is 34.0. The predicted molar refractivity (Wildman–Crippen MR) is 118 cm³/mol. The fourth-order valence-electron chi connectivity index (χ4n) is 4.09. The summed E-state index contributed by atoms with van der Waals surface area (Å²) >= 11 is 1.79. The van der Waals surface area contributed by atoms with Crippen LogP contribution in [0, 0.1) is 0 Å². The summed E-state index contributed by atoms with van der Waals surface area (Å²) in [6, 6.07) is 12.5. The Labute approximate surface area is 181 Å². The van der Waals surface area contributed by atoms with Crippen LogP contribution in [-0.2, 0) is 10.0 Å². The van der Waals surface area contributed by atoms with E-state index in [9.17, 15) is 13.2 Å². The van der Waals surface area contributed by atoms with Crippen molar-refractivity contribution < 1.29 is 17.9 Å². The fraction of sp³-hybridized carbons (Fsp3) is 0.409. The van der Waals surface area contributed by atoms with Crippen LogP contribution in [0.25, 0.3) is 0 Å². The highest BCUT2D eigenvalue weighted by Gasteiger charge is 2.28. The summed E-state index contributed by atoms with van der Waals surface area (Å²) in [6.45, 7) is 0. The number of hydrogen-bond donors (Lipinski definition) is 2. The van der Waals surface area contributed by atoms with E-state index in [0.717, 1.165) is 43.4 Å². The average molecular weight is 447 g/mol. The van der Waals surface area contributed by atoms with Gasteiger partial charge in [0.05, 0.1) is 13.2 Å². The molecule has 1 atom stereocenters. The van der Waals surface area contributed by atoms with E-state index in [1.165, 1.54) is 18.1 Å². The zero-order valence-corrected chi connectivity index (χ0v) is 18.5. The maximum atomic E-state index is 13.0. The number of methoxy groups -OCH3 is 1. The van der Waals surface area contributed by atoms with E-state index in [1.54, 1.807) is 23.9 Å². The highest BCUT2D eigenvalue weighted by atomic mass is 32.2. The number of amides is 1. The molecule has 1 aliphatic carbocycles. The molecule has 1 aliphatic heterocycles. The fourth-order valence-corrected chi connectivity index (χ4v) is 6.71. The standard InChI is InChI=1S/C22H26N2O4S2/c1-28-19-11-10-15(14-21(19)30(26,27)24-16-6-2-3-7-16)22(25)23-18-12-13-29-20-9-5-4-8-17(18)20/h4-5,8-11,14,16,18,24H,2-3,6-7,12-13H2,1H3,(H,23,25)/t18-/m1/s1. The quantitative estimate of drug-likeness (QED) is 0.703. The Morgan fingerprint density at radius 3 is 2.63 bits per heavy atom. The zero-order chi connectivity index (χ0) is 21.1. The molecule has 1 amide bonds. The Kier molecular flexibility index (Phi) is 6.36. The number of carbonyl (C=O) groups is 1. The van der Waals surface area contributed by atoms with Crippen LogP contribution in [0.15, 0.2) is 52.3 Å². The van der Waals surface area contributed by atoms with Crippen molar-refractivity contribution in [3.05, 3.63) is 53.6 Å². The summed E-state index contributed by atoms with van der Waals surface area (Å²) in [6.07, 6.45) is 4.54. The molecule has 2 aliphatic rings. The summed E-state index contributed by atoms with van der Waals surface area (Å²) in [5, 5.41) is 3.07. The number of benzene rings is 2. The van der Waals surface area contributed by atoms with Gasteiger partial charge >= 0.3 is 0 Å². The van der Waals surface area contributed by atoms with Gasteiger partial charge in [0.15, 0.2) is 0 Å². The number of thioether (sulfide) groups is 1. The van der Waals surface area contributed by atoms with E-state index in [-0.39, 0.29) is 28.6 Å². The predicted octanol–water partition coefficient (Wildman–Crippen LogP) is 3.88. The molecule has 4 rings (SSSR count). The number of sulfonamides is 1. The Morgan fingerprint density at radius 2 is 1.87 bits per heavy atom. The van der Waals surface area contributed by atoms with Gasteiger partial charge in [-0.05, 0) is 49.1 Å². The van der Waals surface area contributed by atoms with Gasteiger partial charge in [0.25, 0.3) is 5.91 Å². The van der Waals surface area contributed by atoms with Gasteiger partial charge in [-0.2, -0.15) is 0 Å². The molecule has 1 fully saturated rings. The molecular formula is C22H26N2O4S2. The maximum absolute atomic E-state index is 13.0. The molecule has 8 heteroatoms. The highest BCUT2D eigenvalue weighted by molar-refractivity contribution is 7.99. The van der Waals surface area contributed by atoms with Gasteiger partial charge in [0.1, 0.15) is 10.6 Å². The van der Waals surface area contributed by atoms with Crippen molar-refractivity contribution in [2.45, 2.75) is 54.0 Å². The lowest BCUT2D eigenvalue weighted by Gasteiger charge is -2.26. The normalized spacial score (nSPS) is 19.3. The third-order valence-corrected chi connectivity index (χ3v) is 8.32. The number of hydrogen-bond acceptors (Lipinski definition) is 5. The second-order valence-corrected chi connectivity index (χ2v) is 10.5. The van der Waals surface area contributed by atoms with Gasteiger partial charge in [0, 0.05) is 22.3 Å². The van der Waals surface area contributed by atoms with Crippen LogP contribution < -0.4 is 14.8 Å². The van der Waals surface area contributed by atoms with Crippen LogP contribution in [0.3, 0.4) is 0 Å². The van der Waals surface area contributed by atoms with Crippen molar-refractivity contribution in [1.82, 2.24) is 10.0 Å². The maximum Gasteiger partial charge on any atom is 0.251 e. The zero-order valence-electron chi connectivity index (χ0n) is 16.9. The molecule has 30 heavy (non-hydrogen) atoms. The molecule has 1 saturated carbocycles. The monoisotopic (exact) mass is 446 g/mol. The lowest BCUT2D eigenvalue weighted by molar-refractivity contribution is 0.0934. The number of ether oxygens (including phenoxy) is 1. The first-order chi connectivity index (χ1) is 14.5. The minimum atomic E-state index is -3.78. The average Bonchev–Trinajstić information content (AvgIpc) is 3.26. The summed E-state index contributed by atoms with van der Waals surface area (Å²) in [5.74, 6) is 0.869. The molecule has 2 aromatic carbocycles. The molecule has 0 unspecified atom stereocenters. The van der Waals surface area contributed by atoms with Crippen LogP contribution in [0.1, 0.15) is 54.1 Å². The molecule has 0 saturated heterocycles. The van der Waals surface area contributed by atoms with E-state index >= 15 is 0 Å².